The van der Waals surface area contributed by atoms with Crippen molar-refractivity contribution in [2.45, 2.75) is 6.92 Å². The Kier molecular flexibility index (Phi) is 5.61. The van der Waals surface area contributed by atoms with Gasteiger partial charge >= 0.3 is 0 Å². The van der Waals surface area contributed by atoms with E-state index in [9.17, 15) is 4.79 Å². The SMILES string of the molecule is Cc1ccc(-c2ccc(N3CCNCC3)c(NC(=O)c3cccc4ccccc34)c2)cc1. The number of benzene rings is 4. The summed E-state index contributed by atoms with van der Waals surface area (Å²) in [4.78, 5) is 15.8. The number of carbonyl (C=O) groups excluding carboxylic acids is 1. The molecule has 5 rings (SSSR count). The molecule has 1 amide bonds. The minimum Gasteiger partial charge on any atom is -0.367 e. The topological polar surface area (TPSA) is 44.4 Å². The minimum atomic E-state index is -0.0840. The number of hydrogen-bond acceptors (Lipinski definition) is 3. The van der Waals surface area contributed by atoms with E-state index in [-0.39, 0.29) is 5.91 Å². The van der Waals surface area contributed by atoms with Crippen LogP contribution in [0.5, 0.6) is 0 Å². The third kappa shape index (κ3) is 4.10. The normalized spacial score (nSPS) is 13.8. The van der Waals surface area contributed by atoms with E-state index in [2.05, 4.69) is 64.9 Å². The molecule has 0 spiro atoms. The lowest BCUT2D eigenvalue weighted by molar-refractivity contribution is 0.102. The second-order valence-corrected chi connectivity index (χ2v) is 8.32. The molecule has 1 aliphatic rings. The molecule has 4 aromatic carbocycles. The van der Waals surface area contributed by atoms with E-state index >= 15 is 0 Å². The van der Waals surface area contributed by atoms with Crippen LogP contribution in [0.1, 0.15) is 15.9 Å². The number of fused-ring (bicyclic) bond motifs is 1. The summed E-state index contributed by atoms with van der Waals surface area (Å²) in [5, 5.41) is 8.67. The number of hydrogen-bond donors (Lipinski definition) is 2. The van der Waals surface area contributed by atoms with Gasteiger partial charge in [0, 0.05) is 31.7 Å². The van der Waals surface area contributed by atoms with Crippen molar-refractivity contribution >= 4 is 28.1 Å². The molecule has 1 heterocycles. The molecule has 32 heavy (non-hydrogen) atoms. The van der Waals surface area contributed by atoms with Crippen molar-refractivity contribution in [3.8, 4) is 11.1 Å². The molecule has 1 saturated heterocycles. The van der Waals surface area contributed by atoms with Crippen LogP contribution in [-0.4, -0.2) is 32.1 Å². The van der Waals surface area contributed by atoms with Crippen LogP contribution in [0.15, 0.2) is 84.9 Å². The molecule has 4 aromatic rings. The number of aryl methyl sites for hydroxylation is 1. The highest BCUT2D eigenvalue weighted by atomic mass is 16.1. The molecule has 4 nitrogen and oxygen atoms in total. The van der Waals surface area contributed by atoms with E-state index in [1.165, 1.54) is 5.56 Å². The molecule has 160 valence electrons. The van der Waals surface area contributed by atoms with Crippen LogP contribution in [0.25, 0.3) is 21.9 Å². The van der Waals surface area contributed by atoms with Crippen LogP contribution in [0.4, 0.5) is 11.4 Å². The predicted molar refractivity (Wildman–Crippen MR) is 134 cm³/mol. The molecule has 2 N–H and O–H groups in total. The summed E-state index contributed by atoms with van der Waals surface area (Å²) in [5.74, 6) is -0.0840. The van der Waals surface area contributed by atoms with Gasteiger partial charge in [0.25, 0.3) is 5.91 Å². The Morgan fingerprint density at radius 3 is 2.38 bits per heavy atom. The lowest BCUT2D eigenvalue weighted by Crippen LogP contribution is -2.43. The van der Waals surface area contributed by atoms with Crippen LogP contribution in [-0.2, 0) is 0 Å². The highest BCUT2D eigenvalue weighted by Crippen LogP contribution is 2.33. The zero-order chi connectivity index (χ0) is 21.9. The van der Waals surface area contributed by atoms with Gasteiger partial charge in [-0.1, -0.05) is 72.3 Å². The second-order valence-electron chi connectivity index (χ2n) is 8.32. The Balaban J connectivity index is 1.54. The van der Waals surface area contributed by atoms with Crippen LogP contribution < -0.4 is 15.5 Å². The summed E-state index contributed by atoms with van der Waals surface area (Å²) < 4.78 is 0. The Bertz CT molecular complexity index is 1250. The third-order valence-electron chi connectivity index (χ3n) is 6.12. The first-order valence-corrected chi connectivity index (χ1v) is 11.1. The van der Waals surface area contributed by atoms with Crippen molar-refractivity contribution in [1.82, 2.24) is 5.32 Å². The van der Waals surface area contributed by atoms with Gasteiger partial charge in [-0.2, -0.15) is 0 Å². The van der Waals surface area contributed by atoms with Crippen molar-refractivity contribution in [2.75, 3.05) is 36.4 Å². The smallest absolute Gasteiger partial charge is 0.256 e. The molecular formula is C28H27N3O. The fourth-order valence-electron chi connectivity index (χ4n) is 4.36. The summed E-state index contributed by atoms with van der Waals surface area (Å²) in [5.41, 5.74) is 6.07. The molecule has 4 heteroatoms. The van der Waals surface area contributed by atoms with E-state index in [1.54, 1.807) is 0 Å². The fourth-order valence-corrected chi connectivity index (χ4v) is 4.36. The van der Waals surface area contributed by atoms with Crippen LogP contribution in [0.3, 0.4) is 0 Å². The third-order valence-corrected chi connectivity index (χ3v) is 6.12. The van der Waals surface area contributed by atoms with E-state index < -0.39 is 0 Å². The van der Waals surface area contributed by atoms with Crippen LogP contribution >= 0.6 is 0 Å². The van der Waals surface area contributed by atoms with Gasteiger partial charge in [0.05, 0.1) is 11.4 Å². The first kappa shape index (κ1) is 20.3. The van der Waals surface area contributed by atoms with Gasteiger partial charge in [-0.15, -0.1) is 0 Å². The van der Waals surface area contributed by atoms with Gasteiger partial charge in [0.15, 0.2) is 0 Å². The number of anilines is 2. The molecular weight excluding hydrogens is 394 g/mol. The number of nitrogens with zero attached hydrogens (tertiary/aromatic N) is 1. The number of amides is 1. The van der Waals surface area contributed by atoms with E-state index in [0.29, 0.717) is 5.56 Å². The average Bonchev–Trinajstić information content (AvgIpc) is 2.84. The van der Waals surface area contributed by atoms with Gasteiger partial charge in [0.2, 0.25) is 0 Å². The zero-order valence-electron chi connectivity index (χ0n) is 18.3. The largest absolute Gasteiger partial charge is 0.367 e. The number of rotatable bonds is 4. The monoisotopic (exact) mass is 421 g/mol. The maximum atomic E-state index is 13.4. The Morgan fingerprint density at radius 1 is 0.844 bits per heavy atom. The van der Waals surface area contributed by atoms with Crippen molar-refractivity contribution in [3.63, 3.8) is 0 Å². The van der Waals surface area contributed by atoms with Crippen molar-refractivity contribution in [2.24, 2.45) is 0 Å². The quantitative estimate of drug-likeness (QED) is 0.459. The summed E-state index contributed by atoms with van der Waals surface area (Å²) in [7, 11) is 0. The Hall–Kier alpha value is -3.63. The summed E-state index contributed by atoms with van der Waals surface area (Å²) in [6.45, 7) is 5.81. The Morgan fingerprint density at radius 2 is 1.56 bits per heavy atom. The standard InChI is InChI=1S/C28H27N3O/c1-20-9-11-21(12-10-20)23-13-14-27(31-17-15-29-16-18-31)26(19-23)30-28(32)25-8-4-6-22-5-2-3-7-24(22)25/h2-14,19,29H,15-18H2,1H3,(H,30,32). The predicted octanol–water partition coefficient (Wildman–Crippen LogP) is 5.48. The van der Waals surface area contributed by atoms with Gasteiger partial charge < -0.3 is 15.5 Å². The molecule has 0 bridgehead atoms. The summed E-state index contributed by atoms with van der Waals surface area (Å²) >= 11 is 0. The molecule has 1 aliphatic heterocycles. The van der Waals surface area contributed by atoms with E-state index in [4.69, 9.17) is 0 Å². The first-order chi connectivity index (χ1) is 15.7. The number of nitrogens with one attached hydrogen (secondary N) is 2. The molecule has 0 aliphatic carbocycles. The van der Waals surface area contributed by atoms with E-state index in [1.807, 2.05) is 42.5 Å². The average molecular weight is 422 g/mol. The highest BCUT2D eigenvalue weighted by molar-refractivity contribution is 6.14. The lowest BCUT2D eigenvalue weighted by Gasteiger charge is -2.31. The van der Waals surface area contributed by atoms with E-state index in [0.717, 1.165) is 59.5 Å². The van der Waals surface area contributed by atoms with Gasteiger partial charge in [-0.3, -0.25) is 4.79 Å². The lowest BCUT2D eigenvalue weighted by atomic mass is 10.0. The second kappa shape index (κ2) is 8.85. The molecule has 0 saturated carbocycles. The van der Waals surface area contributed by atoms with Crippen molar-refractivity contribution in [3.05, 3.63) is 96.1 Å². The minimum absolute atomic E-state index is 0.0840. The van der Waals surface area contributed by atoms with Gasteiger partial charge in [-0.25, -0.2) is 0 Å². The highest BCUT2D eigenvalue weighted by Gasteiger charge is 2.18. The molecule has 0 unspecified atom stereocenters. The maximum absolute atomic E-state index is 13.4. The first-order valence-electron chi connectivity index (χ1n) is 11.1. The van der Waals surface area contributed by atoms with Crippen LogP contribution in [0, 0.1) is 6.92 Å². The summed E-state index contributed by atoms with van der Waals surface area (Å²) in [6, 6.07) is 28.8. The maximum Gasteiger partial charge on any atom is 0.256 e. The van der Waals surface area contributed by atoms with Crippen molar-refractivity contribution in [1.29, 1.82) is 0 Å². The molecule has 0 atom stereocenters. The van der Waals surface area contributed by atoms with Crippen LogP contribution in [0.2, 0.25) is 0 Å². The number of piperazine rings is 1. The van der Waals surface area contributed by atoms with Gasteiger partial charge in [-0.05, 0) is 47.0 Å². The summed E-state index contributed by atoms with van der Waals surface area (Å²) in [6.07, 6.45) is 0. The molecule has 0 radical (unpaired) electrons. The number of carbonyl (C=O) groups is 1. The fraction of sp³-hybridized carbons (Fsp3) is 0.179. The molecule has 0 aromatic heterocycles. The zero-order valence-corrected chi connectivity index (χ0v) is 18.3. The van der Waals surface area contributed by atoms with Gasteiger partial charge in [0.1, 0.15) is 0 Å². The Labute approximate surface area is 188 Å². The molecule has 1 fully saturated rings. The van der Waals surface area contributed by atoms with Crippen molar-refractivity contribution < 1.29 is 4.79 Å².